The molecule has 0 bridgehead atoms. The van der Waals surface area contributed by atoms with Crippen molar-refractivity contribution in [2.45, 2.75) is 44.7 Å². The fourth-order valence-corrected chi connectivity index (χ4v) is 3.87. The van der Waals surface area contributed by atoms with Gasteiger partial charge in [-0.25, -0.2) is 4.39 Å². The Bertz CT molecular complexity index is 742. The second-order valence-electron chi connectivity index (χ2n) is 7.22. The first-order valence-electron chi connectivity index (χ1n) is 9.67. The van der Waals surface area contributed by atoms with Crippen LogP contribution in [0.4, 0.5) is 10.1 Å². The van der Waals surface area contributed by atoms with Gasteiger partial charge in [-0.15, -0.1) is 0 Å². The molecular formula is C22H28FN2O2+. The molecule has 1 fully saturated rings. The molecule has 1 unspecified atom stereocenters. The number of anilines is 1. The normalized spacial score (nSPS) is 15.9. The highest BCUT2D eigenvalue weighted by atomic mass is 19.1. The van der Waals surface area contributed by atoms with Crippen LogP contribution in [0.2, 0.25) is 0 Å². The summed E-state index contributed by atoms with van der Waals surface area (Å²) in [6, 6.07) is 14.5. The van der Waals surface area contributed by atoms with E-state index in [2.05, 4.69) is 5.32 Å². The third kappa shape index (κ3) is 5.54. The Labute approximate surface area is 160 Å². The van der Waals surface area contributed by atoms with Crippen molar-refractivity contribution in [1.82, 2.24) is 0 Å². The van der Waals surface area contributed by atoms with Gasteiger partial charge in [-0.1, -0.05) is 30.7 Å². The molecule has 1 aliphatic carbocycles. The monoisotopic (exact) mass is 371 g/mol. The van der Waals surface area contributed by atoms with Gasteiger partial charge in [0.1, 0.15) is 18.1 Å². The van der Waals surface area contributed by atoms with Crippen LogP contribution in [0.3, 0.4) is 0 Å². The molecular weight excluding hydrogens is 343 g/mol. The Morgan fingerprint density at radius 3 is 2.52 bits per heavy atom. The number of hydrogen-bond donors (Lipinski definition) is 2. The first-order valence-corrected chi connectivity index (χ1v) is 9.67. The molecule has 5 heteroatoms. The number of nitrogens with one attached hydrogen (secondary N) is 2. The molecule has 0 heterocycles. The first-order chi connectivity index (χ1) is 13.2. The molecule has 1 saturated carbocycles. The van der Waals surface area contributed by atoms with E-state index in [4.69, 9.17) is 4.74 Å². The van der Waals surface area contributed by atoms with E-state index in [9.17, 15) is 9.18 Å². The third-order valence-electron chi connectivity index (χ3n) is 5.30. The number of amides is 1. The van der Waals surface area contributed by atoms with Crippen LogP contribution < -0.4 is 15.0 Å². The number of carbonyl (C=O) groups is 1. The number of para-hydroxylation sites is 2. The molecule has 0 spiro atoms. The van der Waals surface area contributed by atoms with E-state index in [1.165, 1.54) is 36.3 Å². The van der Waals surface area contributed by atoms with Crippen LogP contribution in [0.25, 0.3) is 0 Å². The fourth-order valence-electron chi connectivity index (χ4n) is 3.87. The van der Waals surface area contributed by atoms with Crippen LogP contribution in [0.15, 0.2) is 48.5 Å². The molecule has 0 saturated heterocycles. The van der Waals surface area contributed by atoms with E-state index in [1.54, 1.807) is 7.11 Å². The minimum Gasteiger partial charge on any atom is -0.495 e. The highest BCUT2D eigenvalue weighted by molar-refractivity contribution is 5.92. The Morgan fingerprint density at radius 2 is 1.81 bits per heavy atom. The molecule has 1 aliphatic rings. The number of rotatable bonds is 7. The zero-order valence-electron chi connectivity index (χ0n) is 15.8. The van der Waals surface area contributed by atoms with Gasteiger partial charge >= 0.3 is 0 Å². The quantitative estimate of drug-likeness (QED) is 0.785. The predicted octanol–water partition coefficient (Wildman–Crippen LogP) is 3.19. The standard InChI is InChI=1S/C22H27FN2O2/c1-27-21-10-6-5-9-20(21)24-22(26)16-25(19-7-3-2-4-8-19)15-17-11-13-18(23)14-12-17/h5-6,9-14,19H,2-4,7-8,15-16H2,1H3,(H,24,26)/p+1. The zero-order valence-corrected chi connectivity index (χ0v) is 15.8. The zero-order chi connectivity index (χ0) is 19.1. The first kappa shape index (κ1) is 19.4. The molecule has 0 radical (unpaired) electrons. The summed E-state index contributed by atoms with van der Waals surface area (Å²) < 4.78 is 18.5. The van der Waals surface area contributed by atoms with Crippen molar-refractivity contribution in [3.63, 3.8) is 0 Å². The van der Waals surface area contributed by atoms with Crippen LogP contribution in [0.1, 0.15) is 37.7 Å². The second kappa shape index (κ2) is 9.51. The van der Waals surface area contributed by atoms with Crippen LogP contribution in [-0.2, 0) is 11.3 Å². The minimum absolute atomic E-state index is 0.0258. The van der Waals surface area contributed by atoms with Gasteiger partial charge in [0, 0.05) is 5.56 Å². The molecule has 3 rings (SSSR count). The molecule has 2 N–H and O–H groups in total. The number of benzene rings is 2. The second-order valence-corrected chi connectivity index (χ2v) is 7.22. The lowest BCUT2D eigenvalue weighted by Crippen LogP contribution is -3.15. The number of carbonyl (C=O) groups excluding carboxylic acids is 1. The van der Waals surface area contributed by atoms with E-state index in [-0.39, 0.29) is 11.7 Å². The van der Waals surface area contributed by atoms with Crippen LogP contribution in [-0.4, -0.2) is 25.6 Å². The molecule has 2 aromatic carbocycles. The largest absolute Gasteiger partial charge is 0.495 e. The number of quaternary nitrogens is 1. The Morgan fingerprint density at radius 1 is 1.11 bits per heavy atom. The number of halogens is 1. The molecule has 27 heavy (non-hydrogen) atoms. The third-order valence-corrected chi connectivity index (χ3v) is 5.30. The van der Waals surface area contributed by atoms with Gasteiger partial charge in [0.15, 0.2) is 6.54 Å². The maximum atomic E-state index is 13.2. The fraction of sp³-hybridized carbons (Fsp3) is 0.409. The SMILES string of the molecule is COc1ccccc1NC(=O)C[NH+](Cc1ccc(F)cc1)C1CCCCC1. The van der Waals surface area contributed by atoms with Crippen molar-refractivity contribution in [1.29, 1.82) is 0 Å². The van der Waals surface area contributed by atoms with Crippen molar-refractivity contribution in [2.24, 2.45) is 0 Å². The predicted molar refractivity (Wildman–Crippen MR) is 104 cm³/mol. The van der Waals surface area contributed by atoms with E-state index in [0.29, 0.717) is 24.0 Å². The average Bonchev–Trinajstić information content (AvgIpc) is 2.70. The average molecular weight is 371 g/mol. The Kier molecular flexibility index (Phi) is 6.82. The summed E-state index contributed by atoms with van der Waals surface area (Å²) in [4.78, 5) is 14.0. The Balaban J connectivity index is 1.69. The molecule has 144 valence electrons. The molecule has 1 atom stereocenters. The molecule has 4 nitrogen and oxygen atoms in total. The lowest BCUT2D eigenvalue weighted by Gasteiger charge is -2.31. The van der Waals surface area contributed by atoms with Crippen molar-refractivity contribution < 1.29 is 18.8 Å². The summed E-state index contributed by atoms with van der Waals surface area (Å²) in [7, 11) is 1.60. The molecule has 1 amide bonds. The van der Waals surface area contributed by atoms with Gasteiger partial charge in [0.25, 0.3) is 5.91 Å². The number of ether oxygens (including phenoxy) is 1. The summed E-state index contributed by atoms with van der Waals surface area (Å²) in [6.07, 6.45) is 5.97. The van der Waals surface area contributed by atoms with E-state index in [0.717, 1.165) is 24.9 Å². The number of hydrogen-bond acceptors (Lipinski definition) is 2. The lowest BCUT2D eigenvalue weighted by atomic mass is 9.93. The maximum Gasteiger partial charge on any atom is 0.279 e. The molecule has 0 aliphatic heterocycles. The molecule has 0 aromatic heterocycles. The van der Waals surface area contributed by atoms with Gasteiger partial charge < -0.3 is 15.0 Å². The van der Waals surface area contributed by atoms with Gasteiger partial charge in [-0.05, 0) is 49.9 Å². The highest BCUT2D eigenvalue weighted by Gasteiger charge is 2.27. The summed E-state index contributed by atoms with van der Waals surface area (Å²) in [6.45, 7) is 1.12. The summed E-state index contributed by atoms with van der Waals surface area (Å²) in [5, 5.41) is 2.98. The van der Waals surface area contributed by atoms with E-state index >= 15 is 0 Å². The van der Waals surface area contributed by atoms with Crippen molar-refractivity contribution in [3.05, 3.63) is 59.9 Å². The van der Waals surface area contributed by atoms with Crippen molar-refractivity contribution in [2.75, 3.05) is 19.0 Å². The maximum absolute atomic E-state index is 13.2. The van der Waals surface area contributed by atoms with Crippen molar-refractivity contribution >= 4 is 11.6 Å². The van der Waals surface area contributed by atoms with E-state index < -0.39 is 0 Å². The minimum atomic E-state index is -0.230. The van der Waals surface area contributed by atoms with Gasteiger partial charge in [-0.2, -0.15) is 0 Å². The summed E-state index contributed by atoms with van der Waals surface area (Å²) in [5.41, 5.74) is 1.75. The van der Waals surface area contributed by atoms with Crippen molar-refractivity contribution in [3.8, 4) is 5.75 Å². The molecule has 2 aromatic rings. The highest BCUT2D eigenvalue weighted by Crippen LogP contribution is 2.22. The van der Waals surface area contributed by atoms with Gasteiger partial charge in [-0.3, -0.25) is 4.79 Å². The van der Waals surface area contributed by atoms with Gasteiger partial charge in [0.05, 0.1) is 18.8 Å². The lowest BCUT2D eigenvalue weighted by molar-refractivity contribution is -0.932. The van der Waals surface area contributed by atoms with E-state index in [1.807, 2.05) is 36.4 Å². The topological polar surface area (TPSA) is 42.8 Å². The Hall–Kier alpha value is -2.40. The van der Waals surface area contributed by atoms with Gasteiger partial charge in [0.2, 0.25) is 0 Å². The smallest absolute Gasteiger partial charge is 0.279 e. The summed E-state index contributed by atoms with van der Waals surface area (Å²) in [5.74, 6) is 0.401. The van der Waals surface area contributed by atoms with Crippen LogP contribution in [0, 0.1) is 5.82 Å². The number of methoxy groups -OCH3 is 1. The van der Waals surface area contributed by atoms with Crippen LogP contribution in [0.5, 0.6) is 5.75 Å². The summed E-state index contributed by atoms with van der Waals surface area (Å²) >= 11 is 0. The van der Waals surface area contributed by atoms with Crippen LogP contribution >= 0.6 is 0 Å².